The van der Waals surface area contributed by atoms with Crippen molar-refractivity contribution in [1.29, 1.82) is 0 Å². The zero-order valence-electron chi connectivity index (χ0n) is 15.1. The Morgan fingerprint density at radius 3 is 2.59 bits per heavy atom. The summed E-state index contributed by atoms with van der Waals surface area (Å²) in [6.45, 7) is 1.69. The van der Waals surface area contributed by atoms with Gasteiger partial charge in [0.05, 0.1) is 6.10 Å². The van der Waals surface area contributed by atoms with Gasteiger partial charge in [-0.1, -0.05) is 48.0 Å². The maximum Gasteiger partial charge on any atom is 0.242 e. The Morgan fingerprint density at radius 1 is 1.11 bits per heavy atom. The molecule has 2 heterocycles. The summed E-state index contributed by atoms with van der Waals surface area (Å²) >= 11 is 6.10. The quantitative estimate of drug-likeness (QED) is 0.732. The minimum atomic E-state index is -0.459. The maximum absolute atomic E-state index is 12.8. The van der Waals surface area contributed by atoms with E-state index in [2.05, 4.69) is 0 Å². The molecule has 5 heteroatoms. The van der Waals surface area contributed by atoms with Gasteiger partial charge in [-0.25, -0.2) is 0 Å². The fourth-order valence-electron chi connectivity index (χ4n) is 3.93. The standard InChI is InChI=1S/C22H23ClN2O2/c23-19-7-6-16-8-13-25(20(16)14-19)15-21(26)24-11-9-18(10-12-24)22(27)17-4-2-1-3-5-17/h1-8,13-14,18,22,27H,9-12,15H2. The predicted molar refractivity (Wildman–Crippen MR) is 108 cm³/mol. The van der Waals surface area contributed by atoms with Gasteiger partial charge < -0.3 is 14.6 Å². The SMILES string of the molecule is O=C(Cn1ccc2ccc(Cl)cc21)N1CCC(C(O)c2ccccc2)CC1. The smallest absolute Gasteiger partial charge is 0.242 e. The van der Waals surface area contributed by atoms with Crippen LogP contribution in [0.5, 0.6) is 0 Å². The van der Waals surface area contributed by atoms with Crippen LogP contribution in [0.2, 0.25) is 5.02 Å². The predicted octanol–water partition coefficient (Wildman–Crippen LogP) is 4.27. The van der Waals surface area contributed by atoms with Crippen molar-refractivity contribution in [2.24, 2.45) is 5.92 Å². The average molecular weight is 383 g/mol. The number of rotatable bonds is 4. The zero-order chi connectivity index (χ0) is 18.8. The van der Waals surface area contributed by atoms with E-state index in [1.54, 1.807) is 0 Å². The molecule has 0 bridgehead atoms. The number of halogens is 1. The van der Waals surface area contributed by atoms with Crippen LogP contribution in [0.15, 0.2) is 60.8 Å². The lowest BCUT2D eigenvalue weighted by Crippen LogP contribution is -2.41. The third-order valence-electron chi connectivity index (χ3n) is 5.52. The van der Waals surface area contributed by atoms with E-state index >= 15 is 0 Å². The number of hydrogen-bond acceptors (Lipinski definition) is 2. The Balaban J connectivity index is 1.38. The number of fused-ring (bicyclic) bond motifs is 1. The van der Waals surface area contributed by atoms with Crippen LogP contribution in [-0.2, 0) is 11.3 Å². The summed E-state index contributed by atoms with van der Waals surface area (Å²) in [5.41, 5.74) is 1.93. The molecule has 4 rings (SSSR count). The van der Waals surface area contributed by atoms with Gasteiger partial charge >= 0.3 is 0 Å². The van der Waals surface area contributed by atoms with E-state index in [1.165, 1.54) is 0 Å². The van der Waals surface area contributed by atoms with Crippen molar-refractivity contribution in [3.05, 3.63) is 71.4 Å². The van der Waals surface area contributed by atoms with Crippen molar-refractivity contribution in [2.45, 2.75) is 25.5 Å². The molecule has 1 aliphatic heterocycles. The number of amides is 1. The van der Waals surface area contributed by atoms with E-state index in [-0.39, 0.29) is 11.8 Å². The molecule has 4 nitrogen and oxygen atoms in total. The molecule has 1 aromatic heterocycles. The second-order valence-electron chi connectivity index (χ2n) is 7.22. The number of carbonyl (C=O) groups is 1. The summed E-state index contributed by atoms with van der Waals surface area (Å²) in [5.74, 6) is 0.308. The van der Waals surface area contributed by atoms with Crippen LogP contribution in [0, 0.1) is 5.92 Å². The molecule has 1 aliphatic rings. The van der Waals surface area contributed by atoms with Gasteiger partial charge in [-0.15, -0.1) is 0 Å². The van der Waals surface area contributed by atoms with Crippen LogP contribution in [0.4, 0.5) is 0 Å². The Kier molecular flexibility index (Phi) is 5.19. The number of nitrogens with zero attached hydrogens (tertiary/aromatic N) is 2. The fraction of sp³-hybridized carbons (Fsp3) is 0.318. The molecule has 0 aliphatic carbocycles. The number of piperidine rings is 1. The first kappa shape index (κ1) is 18.1. The molecule has 1 amide bonds. The highest BCUT2D eigenvalue weighted by atomic mass is 35.5. The number of hydrogen-bond donors (Lipinski definition) is 1. The number of aliphatic hydroxyl groups is 1. The lowest BCUT2D eigenvalue weighted by atomic mass is 9.87. The number of carbonyl (C=O) groups excluding carboxylic acids is 1. The van der Waals surface area contributed by atoms with Gasteiger partial charge in [0, 0.05) is 29.8 Å². The molecule has 1 N–H and O–H groups in total. The molecule has 3 aromatic rings. The topological polar surface area (TPSA) is 45.5 Å². The highest BCUT2D eigenvalue weighted by Crippen LogP contribution is 2.30. The lowest BCUT2D eigenvalue weighted by Gasteiger charge is -2.34. The van der Waals surface area contributed by atoms with Crippen LogP contribution in [0.25, 0.3) is 10.9 Å². The van der Waals surface area contributed by atoms with Crippen molar-refractivity contribution in [3.63, 3.8) is 0 Å². The van der Waals surface area contributed by atoms with Gasteiger partial charge in [-0.3, -0.25) is 4.79 Å². The molecule has 0 spiro atoms. The monoisotopic (exact) mass is 382 g/mol. The van der Waals surface area contributed by atoms with Crippen molar-refractivity contribution >= 4 is 28.4 Å². The summed E-state index contributed by atoms with van der Waals surface area (Å²) in [5, 5.41) is 12.4. The summed E-state index contributed by atoms with van der Waals surface area (Å²) in [6, 6.07) is 17.5. The number of benzene rings is 2. The number of aromatic nitrogens is 1. The molecule has 2 aromatic carbocycles. The van der Waals surface area contributed by atoms with Crippen LogP contribution in [0.3, 0.4) is 0 Å². The molecule has 0 saturated carbocycles. The largest absolute Gasteiger partial charge is 0.388 e. The van der Waals surface area contributed by atoms with Gasteiger partial charge in [-0.05, 0) is 47.9 Å². The minimum Gasteiger partial charge on any atom is -0.388 e. The van der Waals surface area contributed by atoms with Crippen molar-refractivity contribution < 1.29 is 9.90 Å². The first-order valence-corrected chi connectivity index (χ1v) is 9.75. The highest BCUT2D eigenvalue weighted by molar-refractivity contribution is 6.31. The lowest BCUT2D eigenvalue weighted by molar-refractivity contribution is -0.133. The second-order valence-corrected chi connectivity index (χ2v) is 7.66. The maximum atomic E-state index is 12.8. The van der Waals surface area contributed by atoms with Crippen molar-refractivity contribution in [1.82, 2.24) is 9.47 Å². The van der Waals surface area contributed by atoms with Crippen molar-refractivity contribution in [3.8, 4) is 0 Å². The van der Waals surface area contributed by atoms with Gasteiger partial charge in [-0.2, -0.15) is 0 Å². The molecular weight excluding hydrogens is 360 g/mol. The van der Waals surface area contributed by atoms with Gasteiger partial charge in [0.1, 0.15) is 6.54 Å². The Labute approximate surface area is 164 Å². The van der Waals surface area contributed by atoms with Crippen LogP contribution in [-0.4, -0.2) is 33.6 Å². The summed E-state index contributed by atoms with van der Waals surface area (Å²) < 4.78 is 1.95. The van der Waals surface area contributed by atoms with E-state index in [4.69, 9.17) is 11.6 Å². The zero-order valence-corrected chi connectivity index (χ0v) is 15.8. The van der Waals surface area contributed by atoms with Crippen LogP contribution < -0.4 is 0 Å². The van der Waals surface area contributed by atoms with E-state index in [0.29, 0.717) is 24.7 Å². The third-order valence-corrected chi connectivity index (χ3v) is 5.76. The van der Waals surface area contributed by atoms with Crippen molar-refractivity contribution in [2.75, 3.05) is 13.1 Å². The minimum absolute atomic E-state index is 0.111. The van der Waals surface area contributed by atoms with Gasteiger partial charge in [0.15, 0.2) is 0 Å². The van der Waals surface area contributed by atoms with Gasteiger partial charge in [0.25, 0.3) is 0 Å². The van der Waals surface area contributed by atoms with Crippen LogP contribution >= 0.6 is 11.6 Å². The summed E-state index contributed by atoms with van der Waals surface area (Å²) in [6.07, 6.45) is 3.12. The molecule has 1 atom stereocenters. The first-order chi connectivity index (χ1) is 13.1. The van der Waals surface area contributed by atoms with E-state index < -0.39 is 6.10 Å². The highest BCUT2D eigenvalue weighted by Gasteiger charge is 2.28. The van der Waals surface area contributed by atoms with E-state index in [9.17, 15) is 9.90 Å². The molecule has 27 heavy (non-hydrogen) atoms. The molecule has 1 unspecified atom stereocenters. The molecular formula is C22H23ClN2O2. The molecule has 1 fully saturated rings. The van der Waals surface area contributed by atoms with E-state index in [0.717, 1.165) is 29.3 Å². The normalized spacial score (nSPS) is 16.6. The summed E-state index contributed by atoms with van der Waals surface area (Å²) in [7, 11) is 0. The second kappa shape index (κ2) is 7.75. The molecule has 1 saturated heterocycles. The number of likely N-dealkylation sites (tertiary alicyclic amines) is 1. The average Bonchev–Trinajstić information content (AvgIpc) is 3.10. The molecule has 0 radical (unpaired) electrons. The fourth-order valence-corrected chi connectivity index (χ4v) is 4.09. The Hall–Kier alpha value is -2.30. The van der Waals surface area contributed by atoms with Gasteiger partial charge in [0.2, 0.25) is 5.91 Å². The number of aliphatic hydroxyl groups excluding tert-OH is 1. The van der Waals surface area contributed by atoms with E-state index in [1.807, 2.05) is 70.3 Å². The molecule has 140 valence electrons. The Bertz CT molecular complexity index is 930. The third kappa shape index (κ3) is 3.87. The van der Waals surface area contributed by atoms with Crippen LogP contribution in [0.1, 0.15) is 24.5 Å². The summed E-state index contributed by atoms with van der Waals surface area (Å²) in [4.78, 5) is 14.7. The first-order valence-electron chi connectivity index (χ1n) is 9.37. The Morgan fingerprint density at radius 2 is 1.85 bits per heavy atom.